The van der Waals surface area contributed by atoms with Crippen LogP contribution in [0.1, 0.15) is 11.1 Å². The van der Waals surface area contributed by atoms with E-state index in [1.54, 1.807) is 17.5 Å². The number of anilines is 2. The smallest absolute Gasteiger partial charge is 0.187 e. The molecule has 0 atom stereocenters. The van der Waals surface area contributed by atoms with Gasteiger partial charge in [0.15, 0.2) is 5.13 Å². The molecule has 3 N–H and O–H groups in total. The Morgan fingerprint density at radius 2 is 2.33 bits per heavy atom. The summed E-state index contributed by atoms with van der Waals surface area (Å²) in [5.41, 5.74) is 9.07. The van der Waals surface area contributed by atoms with Gasteiger partial charge in [0.05, 0.1) is 0 Å². The highest BCUT2D eigenvalue weighted by Crippen LogP contribution is 2.22. The quantitative estimate of drug-likeness (QED) is 0.834. The average molecular weight is 219 g/mol. The molecular weight excluding hydrogens is 206 g/mol. The monoisotopic (exact) mass is 219 g/mol. The van der Waals surface area contributed by atoms with Gasteiger partial charge in [0.2, 0.25) is 0 Å². The predicted molar refractivity (Wildman–Crippen MR) is 64.5 cm³/mol. The molecule has 0 unspecified atom stereocenters. The molecule has 0 radical (unpaired) electrons. The number of nitrogens with one attached hydrogen (secondary N) is 1. The van der Waals surface area contributed by atoms with Gasteiger partial charge in [-0.2, -0.15) is 0 Å². The Kier molecular flexibility index (Phi) is 2.99. The summed E-state index contributed by atoms with van der Waals surface area (Å²) >= 11 is 1.58. The van der Waals surface area contributed by atoms with Crippen LogP contribution in [-0.2, 0) is 6.54 Å². The molecule has 2 aromatic rings. The molecule has 0 saturated heterocycles. The number of thiazole rings is 1. The maximum absolute atomic E-state index is 5.69. The molecule has 78 valence electrons. The Bertz CT molecular complexity index is 437. The summed E-state index contributed by atoms with van der Waals surface area (Å²) in [6, 6.07) is 6.20. The third kappa shape index (κ3) is 2.34. The maximum Gasteiger partial charge on any atom is 0.187 e. The molecule has 0 amide bonds. The van der Waals surface area contributed by atoms with Crippen molar-refractivity contribution in [2.45, 2.75) is 13.5 Å². The van der Waals surface area contributed by atoms with E-state index in [2.05, 4.69) is 29.4 Å². The normalized spacial score (nSPS) is 10.3. The third-order valence-corrected chi connectivity index (χ3v) is 2.84. The summed E-state index contributed by atoms with van der Waals surface area (Å²) < 4.78 is 0. The molecule has 0 aliphatic rings. The molecule has 0 saturated carbocycles. The minimum Gasteiger partial charge on any atom is -0.331 e. The number of nitrogens with two attached hydrogens (primary N) is 1. The van der Waals surface area contributed by atoms with E-state index in [-0.39, 0.29) is 0 Å². The van der Waals surface area contributed by atoms with Crippen molar-refractivity contribution in [2.75, 3.05) is 5.32 Å². The second-order valence-corrected chi connectivity index (χ2v) is 4.22. The van der Waals surface area contributed by atoms with Crippen LogP contribution in [0.15, 0.2) is 29.8 Å². The van der Waals surface area contributed by atoms with Crippen molar-refractivity contribution >= 4 is 22.2 Å². The van der Waals surface area contributed by atoms with Crippen molar-refractivity contribution in [1.82, 2.24) is 4.98 Å². The standard InChI is InChI=1S/C11H13N3S/c1-8-2-3-10(9(6-8)7-12)14-11-13-4-5-15-11/h2-6H,7,12H2,1H3,(H,13,14). The van der Waals surface area contributed by atoms with E-state index in [1.165, 1.54) is 5.56 Å². The van der Waals surface area contributed by atoms with E-state index in [0.29, 0.717) is 6.54 Å². The molecule has 0 fully saturated rings. The summed E-state index contributed by atoms with van der Waals surface area (Å²) in [6.45, 7) is 2.60. The van der Waals surface area contributed by atoms with Crippen LogP contribution in [0.25, 0.3) is 0 Å². The van der Waals surface area contributed by atoms with Crippen LogP contribution in [0.2, 0.25) is 0 Å². The molecule has 15 heavy (non-hydrogen) atoms. The number of aromatic nitrogens is 1. The van der Waals surface area contributed by atoms with Gasteiger partial charge in [-0.25, -0.2) is 4.98 Å². The second-order valence-electron chi connectivity index (χ2n) is 3.33. The summed E-state index contributed by atoms with van der Waals surface area (Å²) in [4.78, 5) is 4.18. The highest BCUT2D eigenvalue weighted by Gasteiger charge is 2.02. The Hall–Kier alpha value is -1.39. The molecule has 0 aliphatic carbocycles. The molecule has 1 aromatic heterocycles. The lowest BCUT2D eigenvalue weighted by Gasteiger charge is -2.09. The summed E-state index contributed by atoms with van der Waals surface area (Å²) in [5, 5.41) is 6.10. The molecule has 0 bridgehead atoms. The van der Waals surface area contributed by atoms with Gasteiger partial charge in [-0.05, 0) is 18.6 Å². The van der Waals surface area contributed by atoms with Crippen molar-refractivity contribution in [2.24, 2.45) is 5.73 Å². The first kappa shape index (κ1) is 10.1. The minimum absolute atomic E-state index is 0.537. The van der Waals surface area contributed by atoms with Gasteiger partial charge in [0.1, 0.15) is 0 Å². The van der Waals surface area contributed by atoms with Gasteiger partial charge in [-0.3, -0.25) is 0 Å². The molecular formula is C11H13N3S. The number of aryl methyl sites for hydroxylation is 1. The first-order chi connectivity index (χ1) is 7.29. The van der Waals surface area contributed by atoms with E-state index in [9.17, 15) is 0 Å². The van der Waals surface area contributed by atoms with Crippen molar-refractivity contribution in [3.8, 4) is 0 Å². The van der Waals surface area contributed by atoms with Crippen molar-refractivity contribution < 1.29 is 0 Å². The minimum atomic E-state index is 0.537. The van der Waals surface area contributed by atoms with Gasteiger partial charge < -0.3 is 11.1 Å². The SMILES string of the molecule is Cc1ccc(Nc2nccs2)c(CN)c1. The van der Waals surface area contributed by atoms with Gasteiger partial charge in [-0.1, -0.05) is 17.7 Å². The molecule has 1 heterocycles. The lowest BCUT2D eigenvalue weighted by atomic mass is 10.1. The zero-order chi connectivity index (χ0) is 10.7. The lowest BCUT2D eigenvalue weighted by molar-refractivity contribution is 1.07. The Labute approximate surface area is 93.0 Å². The first-order valence-corrected chi connectivity index (χ1v) is 5.63. The van der Waals surface area contributed by atoms with Crippen LogP contribution < -0.4 is 11.1 Å². The van der Waals surface area contributed by atoms with Crippen LogP contribution in [0.5, 0.6) is 0 Å². The van der Waals surface area contributed by atoms with Crippen LogP contribution in [-0.4, -0.2) is 4.98 Å². The number of hydrogen-bond acceptors (Lipinski definition) is 4. The Balaban J connectivity index is 2.28. The topological polar surface area (TPSA) is 50.9 Å². The summed E-state index contributed by atoms with van der Waals surface area (Å²) in [5.74, 6) is 0. The van der Waals surface area contributed by atoms with E-state index in [0.717, 1.165) is 16.4 Å². The molecule has 0 spiro atoms. The molecule has 4 heteroatoms. The maximum atomic E-state index is 5.69. The van der Waals surface area contributed by atoms with E-state index < -0.39 is 0 Å². The fourth-order valence-corrected chi connectivity index (χ4v) is 1.95. The first-order valence-electron chi connectivity index (χ1n) is 4.75. The summed E-state index contributed by atoms with van der Waals surface area (Å²) in [7, 11) is 0. The fraction of sp³-hybridized carbons (Fsp3) is 0.182. The lowest BCUT2D eigenvalue weighted by Crippen LogP contribution is -2.02. The number of hydrogen-bond donors (Lipinski definition) is 2. The van der Waals surface area contributed by atoms with E-state index in [4.69, 9.17) is 5.73 Å². The van der Waals surface area contributed by atoms with E-state index >= 15 is 0 Å². The highest BCUT2D eigenvalue weighted by atomic mass is 32.1. The van der Waals surface area contributed by atoms with Crippen molar-refractivity contribution in [3.05, 3.63) is 40.9 Å². The second kappa shape index (κ2) is 4.42. The van der Waals surface area contributed by atoms with Gasteiger partial charge in [-0.15, -0.1) is 11.3 Å². The van der Waals surface area contributed by atoms with E-state index in [1.807, 2.05) is 11.4 Å². The van der Waals surface area contributed by atoms with Crippen molar-refractivity contribution in [3.63, 3.8) is 0 Å². The van der Waals surface area contributed by atoms with Crippen LogP contribution >= 0.6 is 11.3 Å². The predicted octanol–water partition coefficient (Wildman–Crippen LogP) is 2.65. The van der Waals surface area contributed by atoms with Crippen LogP contribution in [0.3, 0.4) is 0 Å². The number of rotatable bonds is 3. The molecule has 2 rings (SSSR count). The molecule has 3 nitrogen and oxygen atoms in total. The Morgan fingerprint density at radius 1 is 1.47 bits per heavy atom. The van der Waals surface area contributed by atoms with Crippen molar-refractivity contribution in [1.29, 1.82) is 0 Å². The summed E-state index contributed by atoms with van der Waals surface area (Å²) in [6.07, 6.45) is 1.78. The average Bonchev–Trinajstić information content (AvgIpc) is 2.73. The van der Waals surface area contributed by atoms with Gasteiger partial charge >= 0.3 is 0 Å². The zero-order valence-corrected chi connectivity index (χ0v) is 9.34. The third-order valence-electron chi connectivity index (χ3n) is 2.15. The van der Waals surface area contributed by atoms with Crippen LogP contribution in [0.4, 0.5) is 10.8 Å². The zero-order valence-electron chi connectivity index (χ0n) is 8.53. The number of nitrogens with zero attached hydrogens (tertiary/aromatic N) is 1. The molecule has 0 aliphatic heterocycles. The van der Waals surface area contributed by atoms with Gasteiger partial charge in [0, 0.05) is 23.8 Å². The Morgan fingerprint density at radius 3 is 3.00 bits per heavy atom. The highest BCUT2D eigenvalue weighted by molar-refractivity contribution is 7.13. The largest absolute Gasteiger partial charge is 0.331 e. The number of benzene rings is 1. The fourth-order valence-electron chi connectivity index (χ4n) is 1.41. The van der Waals surface area contributed by atoms with Gasteiger partial charge in [0.25, 0.3) is 0 Å². The molecule has 1 aromatic carbocycles. The van der Waals surface area contributed by atoms with Crippen LogP contribution in [0, 0.1) is 6.92 Å².